The summed E-state index contributed by atoms with van der Waals surface area (Å²) in [7, 11) is 0. The fraction of sp³-hybridized carbons (Fsp3) is 0.647. The number of nitrogens with one attached hydrogen (secondary N) is 3. The van der Waals surface area contributed by atoms with E-state index in [1.165, 1.54) is 6.92 Å². The predicted molar refractivity (Wildman–Crippen MR) is 101 cm³/mol. The Labute approximate surface area is 172 Å². The van der Waals surface area contributed by atoms with Gasteiger partial charge in [-0.25, -0.2) is 4.79 Å². The van der Waals surface area contributed by atoms with Crippen LogP contribution in [0.2, 0.25) is 0 Å². The molecule has 0 aliphatic heterocycles. The SMILES string of the molecule is CC(N)C(=O)NC(CCC(=O)O)C(=O)NC(C(=O)NC(CC(=O)O)C(=O)O)C(C)C. The lowest BCUT2D eigenvalue weighted by Gasteiger charge is -2.26. The zero-order chi connectivity index (χ0) is 23.6. The van der Waals surface area contributed by atoms with Gasteiger partial charge in [-0.15, -0.1) is 0 Å². The van der Waals surface area contributed by atoms with Gasteiger partial charge in [0, 0.05) is 6.42 Å². The molecule has 0 aliphatic carbocycles. The first-order valence-corrected chi connectivity index (χ1v) is 9.09. The lowest BCUT2D eigenvalue weighted by atomic mass is 10.0. The average molecular weight is 432 g/mol. The van der Waals surface area contributed by atoms with Gasteiger partial charge in [0.1, 0.15) is 18.1 Å². The number of hydrogen-bond acceptors (Lipinski definition) is 7. The molecule has 3 amide bonds. The molecule has 0 radical (unpaired) electrons. The Morgan fingerprint density at radius 3 is 1.70 bits per heavy atom. The summed E-state index contributed by atoms with van der Waals surface area (Å²) in [6.45, 7) is 4.45. The third-order valence-electron chi connectivity index (χ3n) is 3.93. The van der Waals surface area contributed by atoms with E-state index in [1.807, 2.05) is 5.32 Å². The monoisotopic (exact) mass is 432 g/mol. The molecule has 0 aromatic heterocycles. The summed E-state index contributed by atoms with van der Waals surface area (Å²) in [6.07, 6.45) is -1.59. The first-order valence-electron chi connectivity index (χ1n) is 9.09. The highest BCUT2D eigenvalue weighted by Gasteiger charge is 2.32. The second-order valence-corrected chi connectivity index (χ2v) is 7.01. The van der Waals surface area contributed by atoms with E-state index in [2.05, 4.69) is 10.6 Å². The molecule has 13 heteroatoms. The van der Waals surface area contributed by atoms with E-state index in [0.29, 0.717) is 0 Å². The number of hydrogen-bond donors (Lipinski definition) is 7. The normalized spacial score (nSPS) is 14.7. The van der Waals surface area contributed by atoms with Crippen LogP contribution < -0.4 is 21.7 Å². The minimum absolute atomic E-state index is 0.275. The number of rotatable bonds is 13. The molecule has 8 N–H and O–H groups in total. The van der Waals surface area contributed by atoms with Gasteiger partial charge in [0.25, 0.3) is 0 Å². The van der Waals surface area contributed by atoms with Crippen molar-refractivity contribution in [2.75, 3.05) is 0 Å². The van der Waals surface area contributed by atoms with Gasteiger partial charge in [-0.2, -0.15) is 0 Å². The second kappa shape index (κ2) is 12.4. The van der Waals surface area contributed by atoms with Crippen molar-refractivity contribution in [3.05, 3.63) is 0 Å². The lowest BCUT2D eigenvalue weighted by molar-refractivity contribution is -0.147. The molecule has 0 aromatic rings. The summed E-state index contributed by atoms with van der Waals surface area (Å²) in [6, 6.07) is -5.26. The molecule has 30 heavy (non-hydrogen) atoms. The summed E-state index contributed by atoms with van der Waals surface area (Å²) in [5, 5.41) is 33.3. The summed E-state index contributed by atoms with van der Waals surface area (Å²) >= 11 is 0. The Morgan fingerprint density at radius 1 is 0.767 bits per heavy atom. The Hall–Kier alpha value is -3.22. The van der Waals surface area contributed by atoms with Crippen LogP contribution in [0.4, 0.5) is 0 Å². The number of nitrogens with two attached hydrogens (primary N) is 1. The van der Waals surface area contributed by atoms with Gasteiger partial charge in [0.05, 0.1) is 12.5 Å². The van der Waals surface area contributed by atoms with Crippen molar-refractivity contribution in [2.24, 2.45) is 11.7 Å². The maximum atomic E-state index is 12.6. The topological polar surface area (TPSA) is 225 Å². The molecule has 0 aliphatic rings. The minimum Gasteiger partial charge on any atom is -0.481 e. The second-order valence-electron chi connectivity index (χ2n) is 7.01. The molecule has 0 saturated carbocycles. The smallest absolute Gasteiger partial charge is 0.326 e. The van der Waals surface area contributed by atoms with E-state index in [-0.39, 0.29) is 6.42 Å². The standard InChI is InChI=1S/C17H28N4O9/c1-7(2)13(16(28)20-10(17(29)30)6-12(24)25)21-15(27)9(4-5-11(22)23)19-14(26)8(3)18/h7-10,13H,4-6,18H2,1-3H3,(H,19,26)(H,20,28)(H,21,27)(H,22,23)(H,24,25)(H,29,30). The molecule has 0 saturated heterocycles. The van der Waals surface area contributed by atoms with E-state index < -0.39 is 78.6 Å². The number of carboxylic acids is 3. The Balaban J connectivity index is 5.40. The van der Waals surface area contributed by atoms with Crippen LogP contribution in [0.3, 0.4) is 0 Å². The molecule has 0 heterocycles. The average Bonchev–Trinajstić information content (AvgIpc) is 2.60. The predicted octanol–water partition coefficient (Wildman–Crippen LogP) is -2.13. The molecule has 0 bridgehead atoms. The summed E-state index contributed by atoms with van der Waals surface area (Å²) in [4.78, 5) is 69.6. The van der Waals surface area contributed by atoms with Crippen molar-refractivity contribution in [3.63, 3.8) is 0 Å². The maximum Gasteiger partial charge on any atom is 0.326 e. The van der Waals surface area contributed by atoms with E-state index in [0.717, 1.165) is 0 Å². The van der Waals surface area contributed by atoms with Crippen molar-refractivity contribution in [2.45, 2.75) is 64.2 Å². The summed E-state index contributed by atoms with van der Waals surface area (Å²) < 4.78 is 0. The molecule has 4 unspecified atom stereocenters. The van der Waals surface area contributed by atoms with Crippen LogP contribution in [0.5, 0.6) is 0 Å². The van der Waals surface area contributed by atoms with Crippen molar-refractivity contribution >= 4 is 35.6 Å². The minimum atomic E-state index is -1.71. The van der Waals surface area contributed by atoms with Gasteiger partial charge in [-0.05, 0) is 19.3 Å². The number of aliphatic carboxylic acids is 3. The van der Waals surface area contributed by atoms with Crippen molar-refractivity contribution in [1.82, 2.24) is 16.0 Å². The van der Waals surface area contributed by atoms with Crippen LogP contribution in [0.25, 0.3) is 0 Å². The van der Waals surface area contributed by atoms with Crippen LogP contribution in [0.15, 0.2) is 0 Å². The Kier molecular flexibility index (Phi) is 11.0. The van der Waals surface area contributed by atoms with Gasteiger partial charge >= 0.3 is 17.9 Å². The maximum absolute atomic E-state index is 12.6. The van der Waals surface area contributed by atoms with Gasteiger partial charge in [0.15, 0.2) is 0 Å². The van der Waals surface area contributed by atoms with Gasteiger partial charge < -0.3 is 37.0 Å². The molecule has 170 valence electrons. The highest BCUT2D eigenvalue weighted by Crippen LogP contribution is 2.06. The molecule has 4 atom stereocenters. The van der Waals surface area contributed by atoms with Crippen LogP contribution >= 0.6 is 0 Å². The summed E-state index contributed by atoms with van der Waals surface area (Å²) in [5.74, 6) is -7.29. The zero-order valence-electron chi connectivity index (χ0n) is 16.9. The Morgan fingerprint density at radius 2 is 1.30 bits per heavy atom. The molecule has 0 aromatic carbocycles. The van der Waals surface area contributed by atoms with Crippen molar-refractivity contribution in [1.29, 1.82) is 0 Å². The van der Waals surface area contributed by atoms with Crippen LogP contribution in [0, 0.1) is 5.92 Å². The number of amides is 3. The first kappa shape index (κ1) is 26.8. The fourth-order valence-electron chi connectivity index (χ4n) is 2.26. The molecular weight excluding hydrogens is 404 g/mol. The zero-order valence-corrected chi connectivity index (χ0v) is 16.9. The fourth-order valence-corrected chi connectivity index (χ4v) is 2.26. The Bertz CT molecular complexity index is 678. The van der Waals surface area contributed by atoms with Gasteiger partial charge in [0.2, 0.25) is 17.7 Å². The quantitative estimate of drug-likeness (QED) is 0.167. The van der Waals surface area contributed by atoms with E-state index in [1.54, 1.807) is 13.8 Å². The van der Waals surface area contributed by atoms with Crippen LogP contribution in [-0.4, -0.2) is 75.1 Å². The first-order chi connectivity index (χ1) is 13.8. The molecule has 0 spiro atoms. The molecule has 13 nitrogen and oxygen atoms in total. The van der Waals surface area contributed by atoms with Crippen molar-refractivity contribution < 1.29 is 44.1 Å². The van der Waals surface area contributed by atoms with E-state index in [9.17, 15) is 28.8 Å². The van der Waals surface area contributed by atoms with Gasteiger partial charge in [-0.1, -0.05) is 13.8 Å². The van der Waals surface area contributed by atoms with E-state index >= 15 is 0 Å². The largest absolute Gasteiger partial charge is 0.481 e. The molecule has 0 fully saturated rings. The number of carbonyl (C=O) groups excluding carboxylic acids is 3. The van der Waals surface area contributed by atoms with Crippen molar-refractivity contribution in [3.8, 4) is 0 Å². The highest BCUT2D eigenvalue weighted by atomic mass is 16.4. The lowest BCUT2D eigenvalue weighted by Crippen LogP contribution is -2.58. The highest BCUT2D eigenvalue weighted by molar-refractivity contribution is 5.94. The molecular formula is C17H28N4O9. The van der Waals surface area contributed by atoms with Crippen LogP contribution in [0.1, 0.15) is 40.0 Å². The molecule has 0 rings (SSSR count). The number of carboxylic acid groups (broad SMARTS) is 3. The summed E-state index contributed by atoms with van der Waals surface area (Å²) in [5.41, 5.74) is 5.43. The number of carbonyl (C=O) groups is 6. The van der Waals surface area contributed by atoms with Gasteiger partial charge in [-0.3, -0.25) is 24.0 Å². The van der Waals surface area contributed by atoms with Crippen LogP contribution in [-0.2, 0) is 28.8 Å². The third-order valence-corrected chi connectivity index (χ3v) is 3.93. The third kappa shape index (κ3) is 9.82. The van der Waals surface area contributed by atoms with E-state index in [4.69, 9.17) is 21.1 Å².